The molecule has 11 heteroatoms. The van der Waals surface area contributed by atoms with Crippen molar-refractivity contribution in [3.8, 4) is 0 Å². The van der Waals surface area contributed by atoms with Crippen LogP contribution >= 0.6 is 24.0 Å². The molecule has 3 rings (SSSR count). The Balaban J connectivity index is 0.00000320. The molecule has 0 aliphatic carbocycles. The number of rotatable bonds is 8. The van der Waals surface area contributed by atoms with E-state index >= 15 is 0 Å². The first kappa shape index (κ1) is 23.9. The fraction of sp³-hybridized carbons (Fsp3) is 0.474. The average molecular weight is 529 g/mol. The molecule has 0 unspecified atom stereocenters. The zero-order valence-electron chi connectivity index (χ0n) is 17.0. The first-order valence-electron chi connectivity index (χ1n) is 9.79. The SMILES string of the molecule is CCNC(=NCCNc1ccc([N+](=O)[O-])cc1)N1CCN(Cc2ccon2)CC1.I. The summed E-state index contributed by atoms with van der Waals surface area (Å²) in [7, 11) is 0. The van der Waals surface area contributed by atoms with Gasteiger partial charge in [-0.15, -0.1) is 24.0 Å². The summed E-state index contributed by atoms with van der Waals surface area (Å²) < 4.78 is 4.90. The van der Waals surface area contributed by atoms with Crippen molar-refractivity contribution in [1.29, 1.82) is 0 Å². The zero-order chi connectivity index (χ0) is 20.5. The Morgan fingerprint density at radius 3 is 2.57 bits per heavy atom. The number of hydrogen-bond acceptors (Lipinski definition) is 7. The molecule has 30 heavy (non-hydrogen) atoms. The van der Waals surface area contributed by atoms with Crippen molar-refractivity contribution in [2.24, 2.45) is 4.99 Å². The number of nitro groups is 1. The summed E-state index contributed by atoms with van der Waals surface area (Å²) in [5.74, 6) is 0.916. The summed E-state index contributed by atoms with van der Waals surface area (Å²) in [6, 6.07) is 8.31. The largest absolute Gasteiger partial charge is 0.383 e. The van der Waals surface area contributed by atoms with Crippen molar-refractivity contribution < 1.29 is 9.45 Å². The Labute approximate surface area is 192 Å². The molecule has 1 aromatic heterocycles. The maximum Gasteiger partial charge on any atom is 0.269 e. The molecule has 0 amide bonds. The van der Waals surface area contributed by atoms with Gasteiger partial charge < -0.3 is 20.1 Å². The molecule has 1 saturated heterocycles. The molecule has 2 heterocycles. The van der Waals surface area contributed by atoms with E-state index in [1.54, 1.807) is 18.4 Å². The fourth-order valence-corrected chi connectivity index (χ4v) is 3.15. The van der Waals surface area contributed by atoms with Crippen LogP contribution in [0.25, 0.3) is 0 Å². The number of non-ortho nitro benzene ring substituents is 1. The lowest BCUT2D eigenvalue weighted by Gasteiger charge is -2.36. The summed E-state index contributed by atoms with van der Waals surface area (Å²) in [6.45, 7) is 8.63. The quantitative estimate of drug-likeness (QED) is 0.134. The molecule has 1 aliphatic rings. The second kappa shape index (κ2) is 12.3. The lowest BCUT2D eigenvalue weighted by Crippen LogP contribution is -2.52. The lowest BCUT2D eigenvalue weighted by molar-refractivity contribution is -0.384. The molecule has 1 fully saturated rings. The van der Waals surface area contributed by atoms with E-state index in [9.17, 15) is 10.1 Å². The maximum absolute atomic E-state index is 10.7. The number of hydrogen-bond donors (Lipinski definition) is 2. The summed E-state index contributed by atoms with van der Waals surface area (Å²) in [4.78, 5) is 19.6. The second-order valence-electron chi connectivity index (χ2n) is 6.72. The summed E-state index contributed by atoms with van der Waals surface area (Å²) in [6.07, 6.45) is 1.60. The number of piperazine rings is 1. The van der Waals surface area contributed by atoms with Gasteiger partial charge in [0, 0.05) is 69.7 Å². The van der Waals surface area contributed by atoms with Crippen molar-refractivity contribution >= 4 is 41.3 Å². The Kier molecular flexibility index (Phi) is 9.80. The van der Waals surface area contributed by atoms with Gasteiger partial charge in [0.05, 0.1) is 17.2 Å². The predicted molar refractivity (Wildman–Crippen MR) is 126 cm³/mol. The number of nitrogens with one attached hydrogen (secondary N) is 2. The van der Waals surface area contributed by atoms with Crippen molar-refractivity contribution in [3.63, 3.8) is 0 Å². The van der Waals surface area contributed by atoms with Gasteiger partial charge in [0.25, 0.3) is 5.69 Å². The Morgan fingerprint density at radius 1 is 1.23 bits per heavy atom. The molecule has 1 aliphatic heterocycles. The van der Waals surface area contributed by atoms with Crippen LogP contribution in [0.15, 0.2) is 46.1 Å². The number of aromatic nitrogens is 1. The van der Waals surface area contributed by atoms with Gasteiger partial charge in [-0.1, -0.05) is 5.16 Å². The average Bonchev–Trinajstić information content (AvgIpc) is 3.24. The highest BCUT2D eigenvalue weighted by atomic mass is 127. The first-order chi connectivity index (χ1) is 14.2. The number of benzene rings is 1. The third kappa shape index (κ3) is 7.13. The summed E-state index contributed by atoms with van der Waals surface area (Å²) in [5.41, 5.74) is 1.89. The highest BCUT2D eigenvalue weighted by Gasteiger charge is 2.20. The normalized spacial score (nSPS) is 14.8. The number of anilines is 1. The van der Waals surface area contributed by atoms with Gasteiger partial charge in [0.1, 0.15) is 6.26 Å². The molecule has 1 aromatic carbocycles. The molecular weight excluding hydrogens is 501 g/mol. The molecule has 0 atom stereocenters. The number of halogens is 1. The molecule has 164 valence electrons. The van der Waals surface area contributed by atoms with Crippen molar-refractivity contribution in [1.82, 2.24) is 20.3 Å². The van der Waals surface area contributed by atoms with E-state index in [4.69, 9.17) is 9.52 Å². The van der Waals surface area contributed by atoms with Gasteiger partial charge in [0.15, 0.2) is 5.96 Å². The van der Waals surface area contributed by atoms with Crippen molar-refractivity contribution in [2.75, 3.05) is 51.1 Å². The third-order valence-electron chi connectivity index (χ3n) is 4.66. The van der Waals surface area contributed by atoms with Crippen LogP contribution < -0.4 is 10.6 Å². The number of nitro benzene ring substituents is 1. The first-order valence-corrected chi connectivity index (χ1v) is 9.79. The summed E-state index contributed by atoms with van der Waals surface area (Å²) in [5, 5.41) is 21.3. The third-order valence-corrected chi connectivity index (χ3v) is 4.66. The van der Waals surface area contributed by atoms with Crippen LogP contribution in [0, 0.1) is 10.1 Å². The van der Waals surface area contributed by atoms with E-state index in [-0.39, 0.29) is 29.7 Å². The molecular formula is C19H28IN7O3. The highest BCUT2D eigenvalue weighted by Crippen LogP contribution is 2.15. The number of nitrogens with zero attached hydrogens (tertiary/aromatic N) is 5. The van der Waals surface area contributed by atoms with Gasteiger partial charge in [-0.2, -0.15) is 0 Å². The van der Waals surface area contributed by atoms with Crippen molar-refractivity contribution in [3.05, 3.63) is 52.4 Å². The molecule has 2 N–H and O–H groups in total. The smallest absolute Gasteiger partial charge is 0.269 e. The highest BCUT2D eigenvalue weighted by molar-refractivity contribution is 14.0. The van der Waals surface area contributed by atoms with E-state index in [2.05, 4.69) is 32.5 Å². The van der Waals surface area contributed by atoms with Crippen LogP contribution in [0.5, 0.6) is 0 Å². The van der Waals surface area contributed by atoms with Gasteiger partial charge in [-0.25, -0.2) is 0 Å². The van der Waals surface area contributed by atoms with E-state index in [1.165, 1.54) is 12.1 Å². The minimum atomic E-state index is -0.401. The number of aliphatic imine (C=N–C) groups is 1. The van der Waals surface area contributed by atoms with Gasteiger partial charge >= 0.3 is 0 Å². The molecule has 0 bridgehead atoms. The van der Waals surface area contributed by atoms with E-state index in [0.717, 1.165) is 56.6 Å². The van der Waals surface area contributed by atoms with E-state index in [1.807, 2.05) is 6.07 Å². The topological polar surface area (TPSA) is 112 Å². The Morgan fingerprint density at radius 2 is 1.97 bits per heavy atom. The van der Waals surface area contributed by atoms with Crippen molar-refractivity contribution in [2.45, 2.75) is 13.5 Å². The van der Waals surface area contributed by atoms with Crippen LogP contribution in [0.3, 0.4) is 0 Å². The lowest BCUT2D eigenvalue weighted by atomic mass is 10.3. The van der Waals surface area contributed by atoms with Crippen LogP contribution in [-0.2, 0) is 6.54 Å². The van der Waals surface area contributed by atoms with E-state index in [0.29, 0.717) is 13.1 Å². The van der Waals surface area contributed by atoms with Gasteiger partial charge in [-0.05, 0) is 19.1 Å². The molecule has 0 spiro atoms. The minimum Gasteiger partial charge on any atom is -0.383 e. The van der Waals surface area contributed by atoms with Crippen LogP contribution in [0.4, 0.5) is 11.4 Å². The Hall–Kier alpha value is -2.41. The maximum atomic E-state index is 10.7. The molecule has 2 aromatic rings. The van der Waals surface area contributed by atoms with Gasteiger partial charge in [0.2, 0.25) is 0 Å². The summed E-state index contributed by atoms with van der Waals surface area (Å²) >= 11 is 0. The predicted octanol–water partition coefficient (Wildman–Crippen LogP) is 2.40. The Bertz CT molecular complexity index is 791. The van der Waals surface area contributed by atoms with Crippen LogP contribution in [-0.4, -0.2) is 71.7 Å². The molecule has 0 saturated carbocycles. The molecule has 10 nitrogen and oxygen atoms in total. The van der Waals surface area contributed by atoms with Crippen LogP contribution in [0.1, 0.15) is 12.6 Å². The zero-order valence-corrected chi connectivity index (χ0v) is 19.3. The number of guanidine groups is 1. The van der Waals surface area contributed by atoms with E-state index < -0.39 is 4.92 Å². The second-order valence-corrected chi connectivity index (χ2v) is 6.72. The standard InChI is InChI=1S/C19H27N7O3.HI/c1-2-20-19(22-9-8-21-16-3-5-18(6-4-16)26(27)28)25-12-10-24(11-13-25)15-17-7-14-29-23-17;/h3-7,14,21H,2,8-13,15H2,1H3,(H,20,22);1H. The minimum absolute atomic E-state index is 0. The van der Waals surface area contributed by atoms with Gasteiger partial charge in [-0.3, -0.25) is 20.0 Å². The molecule has 0 radical (unpaired) electrons. The monoisotopic (exact) mass is 529 g/mol. The fourth-order valence-electron chi connectivity index (χ4n) is 3.15. The van der Waals surface area contributed by atoms with Crippen LogP contribution in [0.2, 0.25) is 0 Å².